The number of aliphatic hydroxyl groups excluding tert-OH is 1. The molecule has 21 heavy (non-hydrogen) atoms. The van der Waals surface area contributed by atoms with Crippen molar-refractivity contribution in [2.75, 3.05) is 0 Å². The number of benzene rings is 2. The molecule has 2 rings (SSSR count). The number of ether oxygens (including phenoxy) is 1. The lowest BCUT2D eigenvalue weighted by Crippen LogP contribution is -2.07. The van der Waals surface area contributed by atoms with E-state index in [1.807, 2.05) is 0 Å². The lowest BCUT2D eigenvalue weighted by Gasteiger charge is -2.10. The maximum atomic E-state index is 13.3. The Kier molecular flexibility index (Phi) is 4.42. The molecule has 2 aromatic rings. The molecule has 112 valence electrons. The van der Waals surface area contributed by atoms with E-state index in [4.69, 9.17) is 5.11 Å². The van der Waals surface area contributed by atoms with E-state index in [0.29, 0.717) is 11.1 Å². The molecular formula is C14H9F5O2. The van der Waals surface area contributed by atoms with E-state index in [-0.39, 0.29) is 13.2 Å². The minimum atomic E-state index is -2.23. The van der Waals surface area contributed by atoms with E-state index in [0.717, 1.165) is 0 Å². The molecule has 7 heteroatoms. The molecule has 2 nitrogen and oxygen atoms in total. The molecule has 0 saturated carbocycles. The molecule has 0 aliphatic carbocycles. The Bertz CT molecular complexity index is 626. The Morgan fingerprint density at radius 3 is 1.62 bits per heavy atom. The Morgan fingerprint density at radius 1 is 0.714 bits per heavy atom. The van der Waals surface area contributed by atoms with Gasteiger partial charge in [0.15, 0.2) is 5.75 Å². The van der Waals surface area contributed by atoms with Gasteiger partial charge >= 0.3 is 0 Å². The van der Waals surface area contributed by atoms with Crippen molar-refractivity contribution in [2.45, 2.75) is 13.2 Å². The molecule has 0 fully saturated rings. The van der Waals surface area contributed by atoms with Crippen LogP contribution in [0.1, 0.15) is 11.1 Å². The topological polar surface area (TPSA) is 29.5 Å². The Balaban J connectivity index is 2.23. The highest BCUT2D eigenvalue weighted by Gasteiger charge is 2.26. The maximum absolute atomic E-state index is 13.3. The first kappa shape index (κ1) is 15.2. The Labute approximate surface area is 116 Å². The third kappa shape index (κ3) is 2.97. The van der Waals surface area contributed by atoms with E-state index >= 15 is 0 Å². The molecule has 0 saturated heterocycles. The van der Waals surface area contributed by atoms with E-state index in [1.54, 1.807) is 0 Å². The first-order valence-corrected chi connectivity index (χ1v) is 5.78. The van der Waals surface area contributed by atoms with Gasteiger partial charge in [0, 0.05) is 0 Å². The van der Waals surface area contributed by atoms with Gasteiger partial charge in [-0.3, -0.25) is 0 Å². The van der Waals surface area contributed by atoms with Crippen molar-refractivity contribution >= 4 is 0 Å². The number of hydrogen-bond donors (Lipinski definition) is 1. The molecule has 0 aromatic heterocycles. The average molecular weight is 304 g/mol. The van der Waals surface area contributed by atoms with Gasteiger partial charge in [0.25, 0.3) is 0 Å². The van der Waals surface area contributed by atoms with Crippen molar-refractivity contribution in [1.82, 2.24) is 0 Å². The lowest BCUT2D eigenvalue weighted by atomic mass is 10.1. The summed E-state index contributed by atoms with van der Waals surface area (Å²) in [7, 11) is 0. The predicted octanol–water partition coefficient (Wildman–Crippen LogP) is 3.45. The molecule has 0 aliphatic heterocycles. The summed E-state index contributed by atoms with van der Waals surface area (Å²) < 4.78 is 70.1. The molecule has 0 bridgehead atoms. The molecule has 0 atom stereocenters. The van der Waals surface area contributed by atoms with Gasteiger partial charge in [-0.2, -0.15) is 8.78 Å². The van der Waals surface area contributed by atoms with Crippen molar-refractivity contribution in [3.05, 3.63) is 64.5 Å². The highest BCUT2D eigenvalue weighted by atomic mass is 19.2. The minimum Gasteiger partial charge on any atom is -0.483 e. The predicted molar refractivity (Wildman–Crippen MR) is 62.9 cm³/mol. The summed E-state index contributed by atoms with van der Waals surface area (Å²) in [6.45, 7) is -0.567. The number of rotatable bonds is 4. The first-order valence-electron chi connectivity index (χ1n) is 5.78. The van der Waals surface area contributed by atoms with Crippen LogP contribution < -0.4 is 4.74 Å². The summed E-state index contributed by atoms with van der Waals surface area (Å²) >= 11 is 0. The zero-order chi connectivity index (χ0) is 15.6. The average Bonchev–Trinajstić information content (AvgIpc) is 2.51. The number of hydrogen-bond acceptors (Lipinski definition) is 2. The van der Waals surface area contributed by atoms with Crippen LogP contribution in [0.25, 0.3) is 0 Å². The van der Waals surface area contributed by atoms with Crippen LogP contribution in [0, 0.1) is 29.1 Å². The third-order valence-electron chi connectivity index (χ3n) is 2.76. The third-order valence-corrected chi connectivity index (χ3v) is 2.76. The van der Waals surface area contributed by atoms with Crippen molar-refractivity contribution < 1.29 is 31.8 Å². The standard InChI is InChI=1S/C14H9F5O2/c15-9-10(16)12(18)14(13(19)11(9)17)21-6-8-3-1-7(5-20)2-4-8/h1-4,20H,5-6H2. The van der Waals surface area contributed by atoms with E-state index in [1.165, 1.54) is 24.3 Å². The van der Waals surface area contributed by atoms with Crippen LogP contribution in [0.3, 0.4) is 0 Å². The van der Waals surface area contributed by atoms with Gasteiger partial charge in [0.2, 0.25) is 29.1 Å². The van der Waals surface area contributed by atoms with Gasteiger partial charge in [-0.15, -0.1) is 0 Å². The number of halogens is 5. The van der Waals surface area contributed by atoms with Crippen molar-refractivity contribution in [3.63, 3.8) is 0 Å². The molecule has 0 spiro atoms. The number of aliphatic hydroxyl groups is 1. The van der Waals surface area contributed by atoms with Crippen molar-refractivity contribution in [1.29, 1.82) is 0 Å². The molecule has 2 aromatic carbocycles. The molecular weight excluding hydrogens is 295 g/mol. The normalized spacial score (nSPS) is 10.8. The zero-order valence-corrected chi connectivity index (χ0v) is 10.5. The van der Waals surface area contributed by atoms with Crippen LogP contribution in [0.4, 0.5) is 22.0 Å². The van der Waals surface area contributed by atoms with Gasteiger partial charge in [-0.05, 0) is 11.1 Å². The SMILES string of the molecule is OCc1ccc(COc2c(F)c(F)c(F)c(F)c2F)cc1. The van der Waals surface area contributed by atoms with Gasteiger partial charge in [-0.25, -0.2) is 13.2 Å². The first-order chi connectivity index (χ1) is 9.95. The zero-order valence-electron chi connectivity index (χ0n) is 10.5. The molecule has 0 unspecified atom stereocenters. The Hall–Kier alpha value is -2.15. The fraction of sp³-hybridized carbons (Fsp3) is 0.143. The smallest absolute Gasteiger partial charge is 0.207 e. The summed E-state index contributed by atoms with van der Waals surface area (Å²) in [5.74, 6) is -11.7. The second-order valence-electron chi connectivity index (χ2n) is 4.16. The molecule has 0 aliphatic rings. The van der Waals surface area contributed by atoms with E-state index < -0.39 is 34.8 Å². The molecule has 1 N–H and O–H groups in total. The van der Waals surface area contributed by atoms with Crippen LogP contribution in [0.5, 0.6) is 5.75 Å². The summed E-state index contributed by atoms with van der Waals surface area (Å²) in [5, 5.41) is 8.85. The molecule has 0 radical (unpaired) electrons. The van der Waals surface area contributed by atoms with Crippen molar-refractivity contribution in [3.8, 4) is 5.75 Å². The maximum Gasteiger partial charge on any atom is 0.207 e. The fourth-order valence-corrected chi connectivity index (χ4v) is 1.61. The van der Waals surface area contributed by atoms with E-state index in [9.17, 15) is 22.0 Å². The summed E-state index contributed by atoms with van der Waals surface area (Å²) in [5.41, 5.74) is 1.05. The summed E-state index contributed by atoms with van der Waals surface area (Å²) in [6, 6.07) is 6.07. The fourth-order valence-electron chi connectivity index (χ4n) is 1.61. The Morgan fingerprint density at radius 2 is 1.14 bits per heavy atom. The van der Waals surface area contributed by atoms with Gasteiger partial charge < -0.3 is 9.84 Å². The van der Waals surface area contributed by atoms with Crippen LogP contribution in [-0.2, 0) is 13.2 Å². The van der Waals surface area contributed by atoms with Crippen molar-refractivity contribution in [2.24, 2.45) is 0 Å². The van der Waals surface area contributed by atoms with Gasteiger partial charge in [0.1, 0.15) is 6.61 Å². The monoisotopic (exact) mass is 304 g/mol. The van der Waals surface area contributed by atoms with Gasteiger partial charge in [0.05, 0.1) is 6.61 Å². The van der Waals surface area contributed by atoms with Crippen LogP contribution >= 0.6 is 0 Å². The summed E-state index contributed by atoms with van der Waals surface area (Å²) in [6.07, 6.45) is 0. The van der Waals surface area contributed by atoms with Crippen LogP contribution in [0.15, 0.2) is 24.3 Å². The largest absolute Gasteiger partial charge is 0.483 e. The second kappa shape index (κ2) is 6.09. The molecule has 0 amide bonds. The summed E-state index contributed by atoms with van der Waals surface area (Å²) in [4.78, 5) is 0. The lowest BCUT2D eigenvalue weighted by molar-refractivity contribution is 0.253. The highest BCUT2D eigenvalue weighted by Crippen LogP contribution is 2.29. The molecule has 0 heterocycles. The quantitative estimate of drug-likeness (QED) is 0.532. The van der Waals surface area contributed by atoms with Crippen LogP contribution in [0.2, 0.25) is 0 Å². The highest BCUT2D eigenvalue weighted by molar-refractivity contribution is 5.30. The van der Waals surface area contributed by atoms with Gasteiger partial charge in [-0.1, -0.05) is 24.3 Å². The second-order valence-corrected chi connectivity index (χ2v) is 4.16. The van der Waals surface area contributed by atoms with E-state index in [2.05, 4.69) is 4.74 Å². The van der Waals surface area contributed by atoms with Crippen LogP contribution in [-0.4, -0.2) is 5.11 Å². The minimum absolute atomic E-state index is 0.182.